The molecule has 8 nitrogen and oxygen atoms in total. The first kappa shape index (κ1) is 21.1. The standard InChI is InChI=1S/C21H21FN4O4/c1-30-13-5-12-23-19(27)18-20(28)25(14-15-6-3-2-4-7-15)21(29)26(24-18)17-10-8-16(22)9-11-17/h2-4,6-11H,5,12-14H2,1H3,(H,23,27). The fourth-order valence-electron chi connectivity index (χ4n) is 2.82. The van der Waals surface area contributed by atoms with E-state index in [2.05, 4.69) is 10.4 Å². The van der Waals surface area contributed by atoms with Crippen molar-refractivity contribution in [2.45, 2.75) is 13.0 Å². The maximum Gasteiger partial charge on any atom is 0.352 e. The number of methoxy groups -OCH3 is 1. The van der Waals surface area contributed by atoms with Crippen LogP contribution in [0.2, 0.25) is 0 Å². The summed E-state index contributed by atoms with van der Waals surface area (Å²) in [5.41, 5.74) is -1.01. The first-order valence-corrected chi connectivity index (χ1v) is 9.32. The van der Waals surface area contributed by atoms with E-state index in [0.717, 1.165) is 9.25 Å². The third-order valence-electron chi connectivity index (χ3n) is 4.34. The third-order valence-corrected chi connectivity index (χ3v) is 4.34. The molecule has 30 heavy (non-hydrogen) atoms. The highest BCUT2D eigenvalue weighted by Crippen LogP contribution is 2.06. The molecule has 9 heteroatoms. The topological polar surface area (TPSA) is 95.2 Å². The number of hydrogen-bond acceptors (Lipinski definition) is 5. The number of ether oxygens (including phenoxy) is 1. The van der Waals surface area contributed by atoms with Crippen molar-refractivity contribution >= 4 is 5.91 Å². The molecule has 0 radical (unpaired) electrons. The number of carbonyl (C=O) groups excluding carboxylic acids is 1. The van der Waals surface area contributed by atoms with E-state index in [-0.39, 0.29) is 18.8 Å². The fraction of sp³-hybridized carbons (Fsp3) is 0.238. The van der Waals surface area contributed by atoms with Gasteiger partial charge in [-0.15, -0.1) is 0 Å². The summed E-state index contributed by atoms with van der Waals surface area (Å²) in [5.74, 6) is -1.19. The van der Waals surface area contributed by atoms with E-state index in [1.807, 2.05) is 6.07 Å². The van der Waals surface area contributed by atoms with Crippen molar-refractivity contribution < 1.29 is 13.9 Å². The maximum atomic E-state index is 13.3. The van der Waals surface area contributed by atoms with E-state index in [1.165, 1.54) is 24.3 Å². The van der Waals surface area contributed by atoms with Crippen LogP contribution in [0.4, 0.5) is 4.39 Å². The zero-order chi connectivity index (χ0) is 21.5. The van der Waals surface area contributed by atoms with Gasteiger partial charge < -0.3 is 10.1 Å². The molecule has 1 N–H and O–H groups in total. The summed E-state index contributed by atoms with van der Waals surface area (Å²) in [6, 6.07) is 13.9. The number of hydrogen-bond donors (Lipinski definition) is 1. The Hall–Kier alpha value is -3.59. The minimum absolute atomic E-state index is 0.0355. The summed E-state index contributed by atoms with van der Waals surface area (Å²) in [7, 11) is 1.55. The number of halogens is 1. The van der Waals surface area contributed by atoms with Gasteiger partial charge in [0.05, 0.1) is 12.2 Å². The van der Waals surface area contributed by atoms with Gasteiger partial charge in [0.1, 0.15) is 5.82 Å². The lowest BCUT2D eigenvalue weighted by Crippen LogP contribution is -2.46. The van der Waals surface area contributed by atoms with Crippen LogP contribution in [-0.2, 0) is 11.3 Å². The van der Waals surface area contributed by atoms with Gasteiger partial charge in [0.15, 0.2) is 0 Å². The number of nitrogens with one attached hydrogen (secondary N) is 1. The van der Waals surface area contributed by atoms with E-state index in [0.29, 0.717) is 18.6 Å². The summed E-state index contributed by atoms with van der Waals surface area (Å²) in [5, 5.41) is 6.58. The van der Waals surface area contributed by atoms with E-state index in [1.54, 1.807) is 31.4 Å². The smallest absolute Gasteiger partial charge is 0.352 e. The second-order valence-corrected chi connectivity index (χ2v) is 6.50. The summed E-state index contributed by atoms with van der Waals surface area (Å²) in [6.45, 7) is 0.690. The van der Waals surface area contributed by atoms with Crippen molar-refractivity contribution in [1.82, 2.24) is 19.7 Å². The Balaban J connectivity index is 2.07. The molecule has 0 bridgehead atoms. The summed E-state index contributed by atoms with van der Waals surface area (Å²) in [4.78, 5) is 38.5. The molecule has 3 aromatic rings. The first-order valence-electron chi connectivity index (χ1n) is 9.32. The number of benzene rings is 2. The van der Waals surface area contributed by atoms with Crippen molar-refractivity contribution in [1.29, 1.82) is 0 Å². The Labute approximate surface area is 171 Å². The van der Waals surface area contributed by atoms with Crippen molar-refractivity contribution in [3.05, 3.63) is 92.5 Å². The van der Waals surface area contributed by atoms with Crippen molar-refractivity contribution in [2.24, 2.45) is 0 Å². The number of carbonyl (C=O) groups is 1. The zero-order valence-electron chi connectivity index (χ0n) is 16.4. The summed E-state index contributed by atoms with van der Waals surface area (Å²) < 4.78 is 20.1. The van der Waals surface area contributed by atoms with Crippen LogP contribution in [0.5, 0.6) is 0 Å². The second kappa shape index (κ2) is 9.75. The van der Waals surface area contributed by atoms with Gasteiger partial charge in [-0.3, -0.25) is 14.2 Å². The number of aromatic nitrogens is 3. The summed E-state index contributed by atoms with van der Waals surface area (Å²) >= 11 is 0. The van der Waals surface area contributed by atoms with Gasteiger partial charge in [-0.05, 0) is 36.2 Å². The van der Waals surface area contributed by atoms with Crippen molar-refractivity contribution in [3.8, 4) is 5.69 Å². The van der Waals surface area contributed by atoms with E-state index >= 15 is 0 Å². The molecular weight excluding hydrogens is 391 g/mol. The molecule has 0 aliphatic rings. The van der Waals surface area contributed by atoms with Gasteiger partial charge in [0.2, 0.25) is 5.69 Å². The fourth-order valence-corrected chi connectivity index (χ4v) is 2.82. The molecule has 1 heterocycles. The zero-order valence-corrected chi connectivity index (χ0v) is 16.4. The average molecular weight is 412 g/mol. The van der Waals surface area contributed by atoms with Crippen LogP contribution in [0, 0.1) is 5.82 Å². The molecule has 0 aliphatic heterocycles. The predicted octanol–water partition coefficient (Wildman–Crippen LogP) is 1.35. The normalized spacial score (nSPS) is 10.7. The van der Waals surface area contributed by atoms with E-state index in [4.69, 9.17) is 4.74 Å². The van der Waals surface area contributed by atoms with Gasteiger partial charge in [-0.1, -0.05) is 30.3 Å². The van der Waals surface area contributed by atoms with Gasteiger partial charge >= 0.3 is 5.69 Å². The molecule has 0 spiro atoms. The van der Waals surface area contributed by atoms with Crippen LogP contribution < -0.4 is 16.6 Å². The molecule has 0 aliphatic carbocycles. The van der Waals surface area contributed by atoms with Gasteiger partial charge in [0.25, 0.3) is 11.5 Å². The van der Waals surface area contributed by atoms with Crippen LogP contribution in [-0.4, -0.2) is 40.5 Å². The Morgan fingerprint density at radius 1 is 1.10 bits per heavy atom. The van der Waals surface area contributed by atoms with Gasteiger partial charge in [0, 0.05) is 20.3 Å². The Kier molecular flexibility index (Phi) is 6.87. The van der Waals surface area contributed by atoms with Crippen LogP contribution in [0.25, 0.3) is 5.69 Å². The molecule has 2 aromatic carbocycles. The lowest BCUT2D eigenvalue weighted by atomic mass is 10.2. The third kappa shape index (κ3) is 4.87. The number of nitrogens with zero attached hydrogens (tertiary/aromatic N) is 3. The molecule has 0 saturated heterocycles. The highest BCUT2D eigenvalue weighted by atomic mass is 19.1. The predicted molar refractivity (Wildman–Crippen MR) is 108 cm³/mol. The Morgan fingerprint density at radius 2 is 1.80 bits per heavy atom. The Bertz CT molecular complexity index is 1120. The molecule has 0 atom stereocenters. The first-order chi connectivity index (χ1) is 14.5. The van der Waals surface area contributed by atoms with Crippen LogP contribution in [0.3, 0.4) is 0 Å². The molecule has 3 rings (SSSR count). The molecule has 156 valence electrons. The largest absolute Gasteiger partial charge is 0.385 e. The highest BCUT2D eigenvalue weighted by molar-refractivity contribution is 5.91. The summed E-state index contributed by atoms with van der Waals surface area (Å²) in [6.07, 6.45) is 0.554. The Morgan fingerprint density at radius 3 is 2.47 bits per heavy atom. The maximum absolute atomic E-state index is 13.3. The molecule has 0 unspecified atom stereocenters. The van der Waals surface area contributed by atoms with Gasteiger partial charge in [-0.25, -0.2) is 9.18 Å². The molecule has 1 aromatic heterocycles. The lowest BCUT2D eigenvalue weighted by molar-refractivity contribution is 0.0938. The second-order valence-electron chi connectivity index (χ2n) is 6.50. The van der Waals surface area contributed by atoms with Crippen molar-refractivity contribution in [3.63, 3.8) is 0 Å². The minimum atomic E-state index is -0.800. The number of amides is 1. The average Bonchev–Trinajstić information content (AvgIpc) is 2.76. The number of rotatable bonds is 8. The van der Waals surface area contributed by atoms with Crippen molar-refractivity contribution in [2.75, 3.05) is 20.3 Å². The molecule has 0 fully saturated rings. The molecule has 0 saturated carbocycles. The molecule has 1 amide bonds. The van der Waals surface area contributed by atoms with Crippen LogP contribution >= 0.6 is 0 Å². The highest BCUT2D eigenvalue weighted by Gasteiger charge is 2.20. The van der Waals surface area contributed by atoms with Crippen LogP contribution in [0.1, 0.15) is 22.5 Å². The quantitative estimate of drug-likeness (QED) is 0.564. The monoisotopic (exact) mass is 412 g/mol. The van der Waals surface area contributed by atoms with Gasteiger partial charge in [-0.2, -0.15) is 9.78 Å². The molecular formula is C21H21FN4O4. The van der Waals surface area contributed by atoms with E-state index in [9.17, 15) is 18.8 Å². The lowest BCUT2D eigenvalue weighted by Gasteiger charge is -2.12. The minimum Gasteiger partial charge on any atom is -0.385 e. The van der Waals surface area contributed by atoms with Crippen LogP contribution in [0.15, 0.2) is 64.2 Å². The SMILES string of the molecule is COCCCNC(=O)c1nn(-c2ccc(F)cc2)c(=O)n(Cc2ccccc2)c1=O. The van der Waals surface area contributed by atoms with E-state index < -0.39 is 28.7 Å².